The van der Waals surface area contributed by atoms with Gasteiger partial charge >= 0.3 is 0 Å². The van der Waals surface area contributed by atoms with Crippen molar-refractivity contribution in [3.8, 4) is 10.6 Å². The van der Waals surface area contributed by atoms with E-state index < -0.39 is 0 Å². The number of pyridine rings is 1. The standard InChI is InChI=1S/C21H17N3OS2/c25-19(12-18-14-27-21(23-18)17-8-11-26-13-17)24-20(15-4-2-1-3-5-15)16-6-9-22-10-7-16/h1-11,13-14,20H,12H2,(H,24,25). The molecule has 6 heteroatoms. The van der Waals surface area contributed by atoms with Gasteiger partial charge in [-0.25, -0.2) is 4.98 Å². The molecule has 0 aliphatic heterocycles. The van der Waals surface area contributed by atoms with Gasteiger partial charge in [0.15, 0.2) is 0 Å². The summed E-state index contributed by atoms with van der Waals surface area (Å²) in [5, 5.41) is 10.1. The van der Waals surface area contributed by atoms with Crippen molar-refractivity contribution in [2.45, 2.75) is 12.5 Å². The topological polar surface area (TPSA) is 54.9 Å². The van der Waals surface area contributed by atoms with Gasteiger partial charge in [-0.05, 0) is 34.7 Å². The van der Waals surface area contributed by atoms with Crippen LogP contribution in [0.3, 0.4) is 0 Å². The molecule has 0 bridgehead atoms. The van der Waals surface area contributed by atoms with E-state index >= 15 is 0 Å². The molecule has 134 valence electrons. The minimum atomic E-state index is -0.211. The van der Waals surface area contributed by atoms with E-state index in [-0.39, 0.29) is 18.4 Å². The van der Waals surface area contributed by atoms with Gasteiger partial charge in [0.25, 0.3) is 0 Å². The molecule has 1 amide bonds. The van der Waals surface area contributed by atoms with E-state index in [1.807, 2.05) is 59.3 Å². The van der Waals surface area contributed by atoms with Crippen LogP contribution in [0.2, 0.25) is 0 Å². The summed E-state index contributed by atoms with van der Waals surface area (Å²) >= 11 is 3.21. The Morgan fingerprint density at radius 1 is 1.00 bits per heavy atom. The second kappa shape index (κ2) is 8.24. The van der Waals surface area contributed by atoms with E-state index in [1.54, 1.807) is 35.1 Å². The molecule has 1 N–H and O–H groups in total. The van der Waals surface area contributed by atoms with E-state index in [0.29, 0.717) is 0 Å². The van der Waals surface area contributed by atoms with Gasteiger partial charge in [-0.2, -0.15) is 11.3 Å². The summed E-state index contributed by atoms with van der Waals surface area (Å²) in [6.07, 6.45) is 3.74. The van der Waals surface area contributed by atoms with Gasteiger partial charge < -0.3 is 5.32 Å². The van der Waals surface area contributed by atoms with Crippen LogP contribution in [0.4, 0.5) is 0 Å². The van der Waals surface area contributed by atoms with E-state index in [9.17, 15) is 4.79 Å². The lowest BCUT2D eigenvalue weighted by Crippen LogP contribution is -2.30. The number of nitrogens with one attached hydrogen (secondary N) is 1. The fourth-order valence-corrected chi connectivity index (χ4v) is 4.38. The summed E-state index contributed by atoms with van der Waals surface area (Å²) in [5.74, 6) is -0.0529. The highest BCUT2D eigenvalue weighted by atomic mass is 32.1. The maximum absolute atomic E-state index is 12.7. The second-order valence-corrected chi connectivity index (χ2v) is 7.66. The lowest BCUT2D eigenvalue weighted by Gasteiger charge is -2.19. The first-order valence-corrected chi connectivity index (χ1v) is 10.3. The summed E-state index contributed by atoms with van der Waals surface area (Å²) in [5.41, 5.74) is 3.94. The maximum Gasteiger partial charge on any atom is 0.226 e. The molecule has 4 nitrogen and oxygen atoms in total. The highest BCUT2D eigenvalue weighted by Gasteiger charge is 2.18. The van der Waals surface area contributed by atoms with Gasteiger partial charge in [-0.3, -0.25) is 9.78 Å². The van der Waals surface area contributed by atoms with Crippen LogP contribution in [-0.2, 0) is 11.2 Å². The summed E-state index contributed by atoms with van der Waals surface area (Å²) < 4.78 is 0. The number of carbonyl (C=O) groups is 1. The molecule has 0 radical (unpaired) electrons. The summed E-state index contributed by atoms with van der Waals surface area (Å²) in [6, 6.07) is 15.6. The van der Waals surface area contributed by atoms with Gasteiger partial charge in [-0.1, -0.05) is 30.3 Å². The molecule has 0 spiro atoms. The third-order valence-electron chi connectivity index (χ3n) is 4.14. The number of rotatable bonds is 6. The Balaban J connectivity index is 1.51. The predicted octanol–water partition coefficient (Wildman–Crippen LogP) is 4.71. The molecule has 1 unspecified atom stereocenters. The van der Waals surface area contributed by atoms with Crippen LogP contribution >= 0.6 is 22.7 Å². The van der Waals surface area contributed by atoms with Crippen molar-refractivity contribution in [1.29, 1.82) is 0 Å². The van der Waals surface area contributed by atoms with E-state index in [1.165, 1.54) is 0 Å². The number of amides is 1. The zero-order valence-electron chi connectivity index (χ0n) is 14.4. The largest absolute Gasteiger partial charge is 0.345 e. The third kappa shape index (κ3) is 4.30. The first-order chi connectivity index (χ1) is 13.3. The quantitative estimate of drug-likeness (QED) is 0.518. The Bertz CT molecular complexity index is 959. The molecule has 0 fully saturated rings. The number of thiophene rings is 1. The summed E-state index contributed by atoms with van der Waals surface area (Å²) in [7, 11) is 0. The molecule has 3 heterocycles. The second-order valence-electron chi connectivity index (χ2n) is 6.02. The summed E-state index contributed by atoms with van der Waals surface area (Å²) in [6.45, 7) is 0. The van der Waals surface area contributed by atoms with E-state index in [4.69, 9.17) is 0 Å². The molecule has 4 rings (SSSR count). The van der Waals surface area contributed by atoms with Crippen molar-refractivity contribution in [2.24, 2.45) is 0 Å². The number of aromatic nitrogens is 2. The van der Waals surface area contributed by atoms with E-state index in [2.05, 4.69) is 20.7 Å². The average Bonchev–Trinajstić information content (AvgIpc) is 3.39. The molecular weight excluding hydrogens is 374 g/mol. The number of hydrogen-bond donors (Lipinski definition) is 1. The zero-order chi connectivity index (χ0) is 18.5. The van der Waals surface area contributed by atoms with Crippen LogP contribution in [0.1, 0.15) is 22.9 Å². The fraction of sp³-hybridized carbons (Fsp3) is 0.0952. The van der Waals surface area contributed by atoms with Crippen molar-refractivity contribution in [2.75, 3.05) is 0 Å². The van der Waals surface area contributed by atoms with Gasteiger partial charge in [0.2, 0.25) is 5.91 Å². The minimum Gasteiger partial charge on any atom is -0.345 e. The highest BCUT2D eigenvalue weighted by molar-refractivity contribution is 7.14. The Kier molecular flexibility index (Phi) is 5.37. The molecule has 0 saturated carbocycles. The number of carbonyl (C=O) groups excluding carboxylic acids is 1. The first-order valence-electron chi connectivity index (χ1n) is 8.51. The van der Waals surface area contributed by atoms with Crippen molar-refractivity contribution >= 4 is 28.6 Å². The third-order valence-corrected chi connectivity index (χ3v) is 5.76. The van der Waals surface area contributed by atoms with E-state index in [0.717, 1.165) is 27.4 Å². The van der Waals surface area contributed by atoms with Crippen LogP contribution in [0.25, 0.3) is 10.6 Å². The van der Waals surface area contributed by atoms with Crippen molar-refractivity contribution in [1.82, 2.24) is 15.3 Å². The van der Waals surface area contributed by atoms with Gasteiger partial charge in [0, 0.05) is 28.7 Å². The molecule has 4 aromatic rings. The molecule has 0 saturated heterocycles. The molecular formula is C21H17N3OS2. The van der Waals surface area contributed by atoms with Crippen LogP contribution in [0.5, 0.6) is 0 Å². The highest BCUT2D eigenvalue weighted by Crippen LogP contribution is 2.26. The van der Waals surface area contributed by atoms with Gasteiger partial charge in [-0.15, -0.1) is 11.3 Å². The number of benzene rings is 1. The van der Waals surface area contributed by atoms with Crippen LogP contribution in [0, 0.1) is 0 Å². The Morgan fingerprint density at radius 3 is 2.52 bits per heavy atom. The monoisotopic (exact) mass is 391 g/mol. The molecule has 3 aromatic heterocycles. The zero-order valence-corrected chi connectivity index (χ0v) is 16.0. The van der Waals surface area contributed by atoms with Gasteiger partial charge in [0.1, 0.15) is 5.01 Å². The van der Waals surface area contributed by atoms with Crippen LogP contribution < -0.4 is 5.32 Å². The normalized spacial score (nSPS) is 11.9. The fourth-order valence-electron chi connectivity index (χ4n) is 2.84. The van der Waals surface area contributed by atoms with Crippen molar-refractivity contribution < 1.29 is 4.79 Å². The minimum absolute atomic E-state index is 0.0529. The first kappa shape index (κ1) is 17.6. The predicted molar refractivity (Wildman–Crippen MR) is 110 cm³/mol. The van der Waals surface area contributed by atoms with Crippen LogP contribution in [0.15, 0.2) is 77.1 Å². The average molecular weight is 392 g/mol. The Morgan fingerprint density at radius 2 is 1.78 bits per heavy atom. The SMILES string of the molecule is O=C(Cc1csc(-c2ccsc2)n1)NC(c1ccccc1)c1ccncc1. The maximum atomic E-state index is 12.7. The van der Waals surface area contributed by atoms with Gasteiger partial charge in [0.05, 0.1) is 18.2 Å². The molecule has 0 aliphatic rings. The van der Waals surface area contributed by atoms with Crippen molar-refractivity contribution in [3.63, 3.8) is 0 Å². The summed E-state index contributed by atoms with van der Waals surface area (Å²) in [4.78, 5) is 21.4. The number of thiazole rings is 1. The Hall–Kier alpha value is -2.83. The molecule has 1 aromatic carbocycles. The number of hydrogen-bond acceptors (Lipinski definition) is 5. The number of nitrogens with zero attached hydrogens (tertiary/aromatic N) is 2. The lowest BCUT2D eigenvalue weighted by molar-refractivity contribution is -0.121. The Labute approximate surface area is 165 Å². The molecule has 27 heavy (non-hydrogen) atoms. The molecule has 0 aliphatic carbocycles. The smallest absolute Gasteiger partial charge is 0.226 e. The van der Waals surface area contributed by atoms with Crippen LogP contribution in [-0.4, -0.2) is 15.9 Å². The molecule has 1 atom stereocenters. The van der Waals surface area contributed by atoms with Crippen molar-refractivity contribution in [3.05, 3.63) is 93.9 Å². The lowest BCUT2D eigenvalue weighted by atomic mass is 9.99.